The summed E-state index contributed by atoms with van der Waals surface area (Å²) in [5, 5.41) is 2.44. The predicted molar refractivity (Wildman–Crippen MR) is 67.9 cm³/mol. The first-order chi connectivity index (χ1) is 8.43. The first kappa shape index (κ1) is 14.4. The van der Waals surface area contributed by atoms with Crippen molar-refractivity contribution in [2.75, 3.05) is 7.05 Å². The molecule has 0 aliphatic carbocycles. The fourth-order valence-corrected chi connectivity index (χ4v) is 1.59. The molecule has 3 N–H and O–H groups in total. The molecule has 0 bridgehead atoms. The van der Waals surface area contributed by atoms with Crippen LogP contribution in [0.1, 0.15) is 19.4 Å². The number of benzene rings is 1. The summed E-state index contributed by atoms with van der Waals surface area (Å²) in [6.45, 7) is 3.42. The predicted octanol–water partition coefficient (Wildman–Crippen LogP) is 1.23. The maximum atomic E-state index is 13.7. The molecule has 0 spiro atoms. The standard InChI is InChI=1S/C13H19FN2O2/c1-8(15)6-10-4-5-12(11(14)7-10)18-9(2)13(17)16-3/h4-5,7-9H,6,15H2,1-3H3,(H,16,17). The summed E-state index contributed by atoms with van der Waals surface area (Å²) in [4.78, 5) is 11.3. The second-order valence-corrected chi connectivity index (χ2v) is 4.32. The van der Waals surface area contributed by atoms with Crippen molar-refractivity contribution in [3.8, 4) is 5.75 Å². The number of amides is 1. The smallest absolute Gasteiger partial charge is 0.260 e. The van der Waals surface area contributed by atoms with Crippen molar-refractivity contribution in [1.82, 2.24) is 5.32 Å². The zero-order valence-corrected chi connectivity index (χ0v) is 10.9. The number of rotatable bonds is 5. The number of nitrogens with two attached hydrogens (primary N) is 1. The Balaban J connectivity index is 2.76. The van der Waals surface area contributed by atoms with Crippen LogP contribution in [-0.4, -0.2) is 25.1 Å². The van der Waals surface area contributed by atoms with Crippen LogP contribution in [0.3, 0.4) is 0 Å². The van der Waals surface area contributed by atoms with Crippen molar-refractivity contribution < 1.29 is 13.9 Å². The Kier molecular flexibility index (Phi) is 5.09. The molecule has 1 amide bonds. The zero-order valence-electron chi connectivity index (χ0n) is 10.9. The van der Waals surface area contributed by atoms with E-state index in [0.29, 0.717) is 6.42 Å². The van der Waals surface area contributed by atoms with Crippen LogP contribution in [0.25, 0.3) is 0 Å². The third kappa shape index (κ3) is 4.00. The van der Waals surface area contributed by atoms with Gasteiger partial charge in [0.1, 0.15) is 0 Å². The van der Waals surface area contributed by atoms with Gasteiger partial charge in [-0.05, 0) is 38.0 Å². The molecule has 0 saturated carbocycles. The maximum absolute atomic E-state index is 13.7. The Hall–Kier alpha value is -1.62. The number of ether oxygens (including phenoxy) is 1. The van der Waals surface area contributed by atoms with E-state index in [1.165, 1.54) is 19.2 Å². The van der Waals surface area contributed by atoms with Gasteiger partial charge in [-0.15, -0.1) is 0 Å². The van der Waals surface area contributed by atoms with Crippen molar-refractivity contribution in [1.29, 1.82) is 0 Å². The number of hydrogen-bond donors (Lipinski definition) is 2. The van der Waals surface area contributed by atoms with E-state index in [1.807, 2.05) is 6.92 Å². The topological polar surface area (TPSA) is 64.3 Å². The molecule has 0 fully saturated rings. The van der Waals surface area contributed by atoms with Crippen molar-refractivity contribution in [3.63, 3.8) is 0 Å². The third-order valence-electron chi connectivity index (χ3n) is 2.47. The molecule has 0 heterocycles. The van der Waals surface area contributed by atoms with Crippen LogP contribution in [0, 0.1) is 5.82 Å². The highest BCUT2D eigenvalue weighted by Crippen LogP contribution is 2.20. The van der Waals surface area contributed by atoms with Crippen molar-refractivity contribution in [3.05, 3.63) is 29.6 Å². The molecule has 5 heteroatoms. The molecule has 0 saturated heterocycles. The summed E-state index contributed by atoms with van der Waals surface area (Å²) in [6.07, 6.45) is -0.133. The fourth-order valence-electron chi connectivity index (χ4n) is 1.59. The molecule has 2 unspecified atom stereocenters. The summed E-state index contributed by atoms with van der Waals surface area (Å²) < 4.78 is 19.0. The normalized spacial score (nSPS) is 13.8. The van der Waals surface area contributed by atoms with E-state index in [0.717, 1.165) is 5.56 Å². The minimum Gasteiger partial charge on any atom is -0.478 e. The summed E-state index contributed by atoms with van der Waals surface area (Å²) in [5.74, 6) is -0.711. The van der Waals surface area contributed by atoms with E-state index >= 15 is 0 Å². The lowest BCUT2D eigenvalue weighted by Gasteiger charge is -2.14. The second-order valence-electron chi connectivity index (χ2n) is 4.32. The molecule has 1 aromatic rings. The van der Waals surface area contributed by atoms with Crippen molar-refractivity contribution in [2.45, 2.75) is 32.4 Å². The number of likely N-dealkylation sites (N-methyl/N-ethyl adjacent to an activating group) is 1. The SMILES string of the molecule is CNC(=O)C(C)Oc1ccc(CC(C)N)cc1F. The van der Waals surface area contributed by atoms with E-state index in [2.05, 4.69) is 5.32 Å². The molecule has 0 radical (unpaired) electrons. The molecular formula is C13H19FN2O2. The second kappa shape index (κ2) is 6.35. The average Bonchev–Trinajstić information content (AvgIpc) is 2.30. The van der Waals surface area contributed by atoms with Crippen LogP contribution in [0.2, 0.25) is 0 Å². The molecule has 1 aromatic carbocycles. The summed E-state index contributed by atoms with van der Waals surface area (Å²) in [5.41, 5.74) is 6.45. The highest BCUT2D eigenvalue weighted by molar-refractivity contribution is 5.80. The third-order valence-corrected chi connectivity index (χ3v) is 2.47. The van der Waals surface area contributed by atoms with Gasteiger partial charge in [0.25, 0.3) is 5.91 Å². The zero-order chi connectivity index (χ0) is 13.7. The molecule has 18 heavy (non-hydrogen) atoms. The number of nitrogens with one attached hydrogen (secondary N) is 1. The van der Waals surface area contributed by atoms with Gasteiger partial charge in [0.2, 0.25) is 0 Å². The molecular weight excluding hydrogens is 235 g/mol. The minimum atomic E-state index is -0.733. The monoisotopic (exact) mass is 254 g/mol. The Bertz CT molecular complexity index is 421. The maximum Gasteiger partial charge on any atom is 0.260 e. The Morgan fingerprint density at radius 3 is 2.67 bits per heavy atom. The van der Waals surface area contributed by atoms with E-state index in [-0.39, 0.29) is 17.7 Å². The van der Waals surface area contributed by atoms with Gasteiger partial charge in [0, 0.05) is 13.1 Å². The van der Waals surface area contributed by atoms with Gasteiger partial charge in [-0.25, -0.2) is 4.39 Å². The van der Waals surface area contributed by atoms with Gasteiger partial charge < -0.3 is 15.8 Å². The number of carbonyl (C=O) groups excluding carboxylic acids is 1. The highest BCUT2D eigenvalue weighted by atomic mass is 19.1. The van der Waals surface area contributed by atoms with Crippen LogP contribution in [0.15, 0.2) is 18.2 Å². The molecule has 2 atom stereocenters. The summed E-state index contributed by atoms with van der Waals surface area (Å²) >= 11 is 0. The van der Waals surface area contributed by atoms with Gasteiger partial charge >= 0.3 is 0 Å². The van der Waals surface area contributed by atoms with E-state index in [9.17, 15) is 9.18 Å². The average molecular weight is 254 g/mol. The Morgan fingerprint density at radius 2 is 2.17 bits per heavy atom. The van der Waals surface area contributed by atoms with Gasteiger partial charge in [0.05, 0.1) is 0 Å². The van der Waals surface area contributed by atoms with Crippen LogP contribution in [0.4, 0.5) is 4.39 Å². The molecule has 4 nitrogen and oxygen atoms in total. The van der Waals surface area contributed by atoms with E-state index < -0.39 is 11.9 Å². The summed E-state index contributed by atoms with van der Waals surface area (Å²) in [7, 11) is 1.50. The molecule has 0 aliphatic rings. The summed E-state index contributed by atoms with van der Waals surface area (Å²) in [6, 6.07) is 4.63. The largest absolute Gasteiger partial charge is 0.478 e. The highest BCUT2D eigenvalue weighted by Gasteiger charge is 2.15. The molecule has 100 valence electrons. The Labute approximate surface area is 106 Å². The van der Waals surface area contributed by atoms with Crippen molar-refractivity contribution >= 4 is 5.91 Å². The van der Waals surface area contributed by atoms with Crippen molar-refractivity contribution in [2.24, 2.45) is 5.73 Å². The van der Waals surface area contributed by atoms with E-state index in [1.54, 1.807) is 13.0 Å². The van der Waals surface area contributed by atoms with Crippen LogP contribution >= 0.6 is 0 Å². The number of hydrogen-bond acceptors (Lipinski definition) is 3. The lowest BCUT2D eigenvalue weighted by atomic mass is 10.1. The van der Waals surface area contributed by atoms with Gasteiger partial charge in [-0.3, -0.25) is 4.79 Å². The van der Waals surface area contributed by atoms with Gasteiger partial charge in [-0.2, -0.15) is 0 Å². The fraction of sp³-hybridized carbons (Fsp3) is 0.462. The van der Waals surface area contributed by atoms with Crippen LogP contribution in [-0.2, 0) is 11.2 Å². The lowest BCUT2D eigenvalue weighted by Crippen LogP contribution is -2.33. The molecule has 0 aromatic heterocycles. The Morgan fingerprint density at radius 1 is 1.50 bits per heavy atom. The number of carbonyl (C=O) groups is 1. The molecule has 1 rings (SSSR count). The quantitative estimate of drug-likeness (QED) is 0.830. The number of halogens is 1. The molecule has 0 aliphatic heterocycles. The van der Waals surface area contributed by atoms with Gasteiger partial charge in [0.15, 0.2) is 17.7 Å². The lowest BCUT2D eigenvalue weighted by molar-refractivity contribution is -0.126. The van der Waals surface area contributed by atoms with Crippen LogP contribution < -0.4 is 15.8 Å². The first-order valence-electron chi connectivity index (χ1n) is 5.86. The van der Waals surface area contributed by atoms with E-state index in [4.69, 9.17) is 10.5 Å². The van der Waals surface area contributed by atoms with Crippen LogP contribution in [0.5, 0.6) is 5.75 Å². The first-order valence-corrected chi connectivity index (χ1v) is 5.86. The minimum absolute atomic E-state index is 0.0269. The van der Waals surface area contributed by atoms with Gasteiger partial charge in [-0.1, -0.05) is 6.07 Å².